The van der Waals surface area contributed by atoms with Crippen LogP contribution in [0.2, 0.25) is 0 Å². The van der Waals surface area contributed by atoms with Gasteiger partial charge in [0.15, 0.2) is 23.1 Å². The Morgan fingerprint density at radius 2 is 1.62 bits per heavy atom. The number of nitrogens with two attached hydrogens (primary N) is 2. The highest BCUT2D eigenvalue weighted by Gasteiger charge is 2.53. The van der Waals surface area contributed by atoms with Crippen molar-refractivity contribution >= 4 is 54.7 Å². The van der Waals surface area contributed by atoms with E-state index in [-0.39, 0.29) is 78.7 Å². The zero-order chi connectivity index (χ0) is 57.0. The first-order valence-corrected chi connectivity index (χ1v) is 34.7. The number of nitrogens with one attached hydrogen (secondary N) is 1. The molecule has 4 aromatic carbocycles. The van der Waals surface area contributed by atoms with E-state index >= 15 is 0 Å². The number of hydrogen-bond donors (Lipinski definition) is 8. The zero-order valence-electron chi connectivity index (χ0n) is 46.7. The maximum absolute atomic E-state index is 14.4. The number of H-pyrrole nitrogens is 1. The van der Waals surface area contributed by atoms with Crippen LogP contribution in [0.5, 0.6) is 17.2 Å². The quantitative estimate of drug-likeness (QED) is 0.0467. The summed E-state index contributed by atoms with van der Waals surface area (Å²) in [5, 5.41) is 59.4. The average molecular weight is 1180 g/mol. The second-order valence-corrected chi connectivity index (χ2v) is 29.5. The average Bonchev–Trinajstić information content (AvgIpc) is 4.35. The van der Waals surface area contributed by atoms with Crippen molar-refractivity contribution in [2.75, 3.05) is 30.5 Å². The number of ketones is 2. The highest BCUT2D eigenvalue weighted by molar-refractivity contribution is 8.77. The van der Waals surface area contributed by atoms with Gasteiger partial charge >= 0.3 is 0 Å². The van der Waals surface area contributed by atoms with E-state index in [2.05, 4.69) is 53.2 Å². The monoisotopic (exact) mass is 1180 g/mol. The second kappa shape index (κ2) is 26.3. The Morgan fingerprint density at radius 1 is 0.817 bits per heavy atom. The van der Waals surface area contributed by atoms with Crippen molar-refractivity contribution in [3.63, 3.8) is 0 Å². The molecule has 82 heavy (non-hydrogen) atoms. The molecule has 0 unspecified atom stereocenters. The van der Waals surface area contributed by atoms with Crippen LogP contribution in [0.4, 0.5) is 0 Å². The number of aryl methyl sites for hydroxylation is 1. The number of allylic oxidation sites excluding steroid dienone is 2. The SMILES string of the molecule is NC(N)c1cc2c3cc1CSSC[C@H]1C[C@]4(/C=C/C(=O)CCc5ccc(O)c(c5)OCCc5ccc(O)c(c5)[C@H]3CC(=O)c3cc[nH]c3CC#C2)CC[C@@H](C[C@H](O)C2CCCC2)[C@@H]2Cc3ccccc3[C@H](CO)[C@@H](CSSC[C@@]1(O)C4)C2. The molecule has 11 rings (SSSR count). The molecule has 1 aromatic heterocycles. The predicted molar refractivity (Wildman–Crippen MR) is 333 cm³/mol. The van der Waals surface area contributed by atoms with Crippen LogP contribution in [0, 0.1) is 46.8 Å². The summed E-state index contributed by atoms with van der Waals surface area (Å²) in [5.41, 5.74) is 20.9. The molecule has 3 fully saturated rings. The minimum atomic E-state index is -1.06. The van der Waals surface area contributed by atoms with Crippen molar-refractivity contribution in [1.29, 1.82) is 0 Å². The third-order valence-corrected chi connectivity index (χ3v) is 24.3. The molecule has 5 aromatic rings. The minimum absolute atomic E-state index is 0.00247. The van der Waals surface area contributed by atoms with Crippen LogP contribution in [0.25, 0.3) is 0 Å². The number of benzene rings is 4. The topological polar surface area (TPSA) is 212 Å². The number of phenols is 2. The molecule has 1 saturated heterocycles. The fourth-order valence-electron chi connectivity index (χ4n) is 14.7. The molecule has 4 aliphatic carbocycles. The molecular weight excluding hydrogens is 1100 g/mol. The number of Topliss-reactive ketones (excluding diaryl/α,β-unsaturated/α-hetero) is 1. The zero-order valence-corrected chi connectivity index (χ0v) is 50.0. The molecular formula is C67H79N3O8S4. The highest BCUT2D eigenvalue weighted by Crippen LogP contribution is 2.57. The van der Waals surface area contributed by atoms with E-state index in [1.807, 2.05) is 35.1 Å². The lowest BCUT2D eigenvalue weighted by atomic mass is 9.71. The molecule has 0 amide bonds. The number of aromatic nitrogens is 1. The number of phenolic OH excluding ortho intramolecular Hbond substituents is 2. The van der Waals surface area contributed by atoms with Crippen LogP contribution >= 0.6 is 43.2 Å². The number of rotatable bonds is 5. The van der Waals surface area contributed by atoms with Gasteiger partial charge in [-0.15, -0.1) is 0 Å². The number of fused-ring (bicyclic) bond motifs is 13. The van der Waals surface area contributed by atoms with Gasteiger partial charge in [-0.05, 0) is 175 Å². The molecule has 15 heteroatoms. The van der Waals surface area contributed by atoms with E-state index in [4.69, 9.17) is 16.2 Å². The normalized spacial score (nSPS) is 28.4. The third kappa shape index (κ3) is 13.4. The van der Waals surface area contributed by atoms with Gasteiger partial charge in [0.05, 0.1) is 37.5 Å². The summed E-state index contributed by atoms with van der Waals surface area (Å²) >= 11 is 0. The molecule has 10 N–H and O–H groups in total. The van der Waals surface area contributed by atoms with Crippen LogP contribution < -0.4 is 16.2 Å². The minimum Gasteiger partial charge on any atom is -0.508 e. The molecule has 2 saturated carbocycles. The van der Waals surface area contributed by atoms with Crippen LogP contribution in [0.15, 0.2) is 97.2 Å². The number of hydrogen-bond acceptors (Lipinski definition) is 14. The summed E-state index contributed by atoms with van der Waals surface area (Å²) in [6, 6.07) is 25.2. The molecule has 11 bridgehead atoms. The van der Waals surface area contributed by atoms with Crippen molar-refractivity contribution in [1.82, 2.24) is 4.98 Å². The lowest BCUT2D eigenvalue weighted by Gasteiger charge is -2.35. The number of aliphatic hydroxyl groups is 3. The van der Waals surface area contributed by atoms with Gasteiger partial charge in [-0.1, -0.05) is 122 Å². The van der Waals surface area contributed by atoms with E-state index in [1.54, 1.807) is 68.9 Å². The van der Waals surface area contributed by atoms with E-state index < -0.39 is 29.2 Å². The van der Waals surface area contributed by atoms with Gasteiger partial charge in [0.25, 0.3) is 0 Å². The van der Waals surface area contributed by atoms with Crippen molar-refractivity contribution in [2.24, 2.45) is 46.5 Å². The van der Waals surface area contributed by atoms with E-state index in [0.717, 1.165) is 97.1 Å². The Kier molecular flexibility index (Phi) is 19.0. The highest BCUT2D eigenvalue weighted by atomic mass is 33.1. The number of carbonyl (C=O) groups is 2. The fourth-order valence-corrected chi connectivity index (χ4v) is 20.2. The lowest BCUT2D eigenvalue weighted by molar-refractivity contribution is -0.114. The molecule has 11 nitrogen and oxygen atoms in total. The van der Waals surface area contributed by atoms with E-state index in [0.29, 0.717) is 77.7 Å². The van der Waals surface area contributed by atoms with Crippen LogP contribution in [-0.4, -0.2) is 84.3 Å². The van der Waals surface area contributed by atoms with Crippen molar-refractivity contribution in [2.45, 2.75) is 138 Å². The smallest absolute Gasteiger partial charge is 0.165 e. The first kappa shape index (κ1) is 59.1. The van der Waals surface area contributed by atoms with Gasteiger partial charge in [0.2, 0.25) is 0 Å². The molecule has 3 heterocycles. The molecule has 2 aliphatic heterocycles. The Bertz CT molecular complexity index is 3200. The first-order chi connectivity index (χ1) is 39.7. The standard InChI is InChI=1S/C67H79N3O8S4/c68-65(69)55-30-46-9-5-11-59-53(20-24-70-59)63(76)33-56-54(46)31-49(55)37-79-81-38-50-34-66(23-19-51(72)15-12-41-14-17-61(74)64(27-41)78-25-21-42-13-16-60(73)57(56)26-42)22-18-44(32-62(75)43-6-1-2-7-43)47-28-45-8-3-4-10-52(45)58(35-71)48(29-47)36-80-82-40-67(50,77)39-66/h3-4,8,10,13-14,16-17,19-20,23-24,26-27,30-31,43-44,47-48,50,56,58,62,65,70-71,73-75,77H,1-2,6-7,11-12,15,18,21-22,25,28-29,32-40,68-69H2/b23-19+/t44-,47+,48+,50+,56-,58+,62-,66+,67-/m0/s1. The van der Waals surface area contributed by atoms with Crippen molar-refractivity contribution in [3.05, 3.63) is 159 Å². The first-order valence-electron chi connectivity index (χ1n) is 29.7. The molecule has 434 valence electrons. The number of ether oxygens (including phenoxy) is 1. The molecule has 9 atom stereocenters. The second-order valence-electron chi connectivity index (χ2n) is 24.5. The summed E-state index contributed by atoms with van der Waals surface area (Å²) in [6.45, 7) is 0.285. The van der Waals surface area contributed by atoms with Crippen LogP contribution in [-0.2, 0) is 36.2 Å². The fraction of sp³-hybridized carbons (Fsp3) is 0.493. The van der Waals surface area contributed by atoms with E-state index in [9.17, 15) is 35.1 Å². The summed E-state index contributed by atoms with van der Waals surface area (Å²) in [6.07, 6.45) is 15.8. The van der Waals surface area contributed by atoms with Gasteiger partial charge in [0, 0.05) is 82.7 Å². The lowest BCUT2D eigenvalue weighted by Crippen LogP contribution is -2.37. The Balaban J connectivity index is 0.961. The Morgan fingerprint density at radius 3 is 2.45 bits per heavy atom. The molecule has 6 aliphatic rings. The number of aliphatic hydroxyl groups excluding tert-OH is 2. The maximum Gasteiger partial charge on any atom is 0.165 e. The van der Waals surface area contributed by atoms with Crippen molar-refractivity contribution < 1.29 is 39.9 Å². The summed E-state index contributed by atoms with van der Waals surface area (Å²) < 4.78 is 6.26. The van der Waals surface area contributed by atoms with Crippen molar-refractivity contribution in [3.8, 4) is 29.1 Å². The Hall–Kier alpha value is -4.60. The van der Waals surface area contributed by atoms with Crippen LogP contribution in [0.3, 0.4) is 0 Å². The Labute approximate surface area is 499 Å². The number of aromatic hydroxyl groups is 2. The number of aromatic amines is 1. The van der Waals surface area contributed by atoms with Gasteiger partial charge in [-0.2, -0.15) is 0 Å². The van der Waals surface area contributed by atoms with Crippen LogP contribution in [0.1, 0.15) is 161 Å². The summed E-state index contributed by atoms with van der Waals surface area (Å²) in [7, 11) is 6.95. The number of carbonyl (C=O) groups excluding carboxylic acids is 2. The van der Waals surface area contributed by atoms with E-state index in [1.165, 1.54) is 11.1 Å². The van der Waals surface area contributed by atoms with Gasteiger partial charge in [0.1, 0.15) is 5.75 Å². The van der Waals surface area contributed by atoms with Gasteiger partial charge < -0.3 is 46.7 Å². The largest absolute Gasteiger partial charge is 0.508 e. The van der Waals surface area contributed by atoms with Gasteiger partial charge in [-0.25, -0.2) is 0 Å². The predicted octanol–water partition coefficient (Wildman–Crippen LogP) is 12.0. The molecule has 1 spiro atoms. The summed E-state index contributed by atoms with van der Waals surface area (Å²) in [5.74, 6) is 9.81. The van der Waals surface area contributed by atoms with Gasteiger partial charge in [-0.3, -0.25) is 9.59 Å². The molecule has 0 radical (unpaired) electrons. The summed E-state index contributed by atoms with van der Waals surface area (Å²) in [4.78, 5) is 31.9. The third-order valence-electron chi connectivity index (χ3n) is 19.3. The maximum atomic E-state index is 14.4.